The van der Waals surface area contributed by atoms with E-state index in [0.717, 1.165) is 48.5 Å². The van der Waals surface area contributed by atoms with Gasteiger partial charge in [-0.05, 0) is 66.7 Å². The molecular formula is C20H17FN2O7S2. The summed E-state index contributed by atoms with van der Waals surface area (Å²) in [5, 5.41) is 8.93. The Labute approximate surface area is 183 Å². The molecule has 0 aliphatic carbocycles. The van der Waals surface area contributed by atoms with Gasteiger partial charge in [0.1, 0.15) is 11.6 Å². The third kappa shape index (κ3) is 5.15. The summed E-state index contributed by atoms with van der Waals surface area (Å²) in [6.07, 6.45) is 0. The highest BCUT2D eigenvalue weighted by atomic mass is 32.2. The van der Waals surface area contributed by atoms with Crippen LogP contribution in [0.25, 0.3) is 0 Å². The number of ether oxygens (including phenoxy) is 1. The van der Waals surface area contributed by atoms with Crippen LogP contribution in [0.15, 0.2) is 76.5 Å². The molecule has 0 aliphatic rings. The maximum Gasteiger partial charge on any atom is 0.335 e. The van der Waals surface area contributed by atoms with E-state index in [1.807, 2.05) is 0 Å². The van der Waals surface area contributed by atoms with Crippen LogP contribution in [-0.4, -0.2) is 35.0 Å². The average Bonchev–Trinajstić information content (AvgIpc) is 2.74. The molecule has 0 aliphatic heterocycles. The molecule has 0 unspecified atom stereocenters. The Morgan fingerprint density at radius 2 is 1.38 bits per heavy atom. The normalized spacial score (nSPS) is 11.6. The van der Waals surface area contributed by atoms with Gasteiger partial charge in [-0.3, -0.25) is 9.44 Å². The minimum atomic E-state index is -4.12. The first kappa shape index (κ1) is 23.0. The van der Waals surface area contributed by atoms with Gasteiger partial charge in [0.2, 0.25) is 0 Å². The van der Waals surface area contributed by atoms with E-state index < -0.39 is 31.8 Å². The summed E-state index contributed by atoms with van der Waals surface area (Å²) in [7, 11) is -6.91. The third-order valence-electron chi connectivity index (χ3n) is 4.23. The molecule has 0 heterocycles. The molecule has 12 heteroatoms. The van der Waals surface area contributed by atoms with Crippen molar-refractivity contribution in [3.8, 4) is 5.75 Å². The number of anilines is 2. The molecule has 0 saturated heterocycles. The van der Waals surface area contributed by atoms with Gasteiger partial charge in [0.25, 0.3) is 20.0 Å². The van der Waals surface area contributed by atoms with E-state index in [9.17, 15) is 26.0 Å². The third-order valence-corrected chi connectivity index (χ3v) is 7.01. The molecule has 0 fully saturated rings. The largest absolute Gasteiger partial charge is 0.495 e. The number of methoxy groups -OCH3 is 1. The Morgan fingerprint density at radius 1 is 0.844 bits per heavy atom. The molecule has 0 amide bonds. The van der Waals surface area contributed by atoms with Crippen LogP contribution in [0.1, 0.15) is 10.4 Å². The summed E-state index contributed by atoms with van der Waals surface area (Å²) in [5.74, 6) is -1.69. The smallest absolute Gasteiger partial charge is 0.335 e. The van der Waals surface area contributed by atoms with E-state index in [-0.39, 0.29) is 32.5 Å². The molecule has 32 heavy (non-hydrogen) atoms. The van der Waals surface area contributed by atoms with Crippen LogP contribution < -0.4 is 14.2 Å². The summed E-state index contributed by atoms with van der Waals surface area (Å²) in [5.41, 5.74) is -0.117. The van der Waals surface area contributed by atoms with E-state index in [0.29, 0.717) is 0 Å². The number of sulfonamides is 2. The average molecular weight is 480 g/mol. The molecule has 3 N–H and O–H groups in total. The second-order valence-electron chi connectivity index (χ2n) is 6.41. The Morgan fingerprint density at radius 3 is 1.91 bits per heavy atom. The molecular weight excluding hydrogens is 463 g/mol. The second-order valence-corrected chi connectivity index (χ2v) is 9.77. The van der Waals surface area contributed by atoms with Gasteiger partial charge in [0, 0.05) is 0 Å². The van der Waals surface area contributed by atoms with E-state index in [1.54, 1.807) is 0 Å². The number of benzene rings is 3. The Kier molecular flexibility index (Phi) is 6.37. The first-order chi connectivity index (χ1) is 15.0. The lowest BCUT2D eigenvalue weighted by atomic mass is 10.2. The number of halogens is 1. The van der Waals surface area contributed by atoms with Gasteiger partial charge >= 0.3 is 5.97 Å². The van der Waals surface area contributed by atoms with Gasteiger partial charge in [-0.1, -0.05) is 0 Å². The van der Waals surface area contributed by atoms with Crippen molar-refractivity contribution in [3.63, 3.8) is 0 Å². The number of carbonyl (C=O) groups is 1. The summed E-state index contributed by atoms with van der Waals surface area (Å²) in [6.45, 7) is 0. The van der Waals surface area contributed by atoms with Crippen molar-refractivity contribution in [3.05, 3.63) is 78.1 Å². The summed E-state index contributed by atoms with van der Waals surface area (Å²) < 4.78 is 73.3. The summed E-state index contributed by atoms with van der Waals surface area (Å²) >= 11 is 0. The van der Waals surface area contributed by atoms with E-state index >= 15 is 0 Å². The van der Waals surface area contributed by atoms with Crippen LogP contribution in [0, 0.1) is 5.82 Å². The number of carboxylic acids is 1. The number of aromatic carboxylic acids is 1. The Balaban J connectivity index is 1.90. The molecule has 3 aromatic rings. The SMILES string of the molecule is COc1ccc(NS(=O)(=O)c2ccc(C(=O)O)cc2)cc1NS(=O)(=O)c1ccc(F)cc1. The summed E-state index contributed by atoms with van der Waals surface area (Å²) in [6, 6.07) is 12.6. The van der Waals surface area contributed by atoms with Crippen LogP contribution in [-0.2, 0) is 20.0 Å². The lowest BCUT2D eigenvalue weighted by molar-refractivity contribution is 0.0696. The first-order valence-electron chi connectivity index (χ1n) is 8.84. The van der Waals surface area contributed by atoms with Gasteiger partial charge in [-0.2, -0.15) is 0 Å². The predicted molar refractivity (Wildman–Crippen MR) is 114 cm³/mol. The molecule has 9 nitrogen and oxygen atoms in total. The molecule has 0 bridgehead atoms. The highest BCUT2D eigenvalue weighted by Crippen LogP contribution is 2.31. The maximum absolute atomic E-state index is 13.1. The Bertz CT molecular complexity index is 1360. The lowest BCUT2D eigenvalue weighted by Gasteiger charge is -2.15. The van der Waals surface area contributed by atoms with Crippen molar-refractivity contribution in [2.45, 2.75) is 9.79 Å². The van der Waals surface area contributed by atoms with Crippen molar-refractivity contribution in [1.82, 2.24) is 0 Å². The van der Waals surface area contributed by atoms with Crippen LogP contribution in [0.5, 0.6) is 5.75 Å². The topological polar surface area (TPSA) is 139 Å². The van der Waals surface area contributed by atoms with Crippen molar-refractivity contribution in [1.29, 1.82) is 0 Å². The standard InChI is InChI=1S/C20H17FN2O7S2/c1-30-19-11-6-15(22-31(26,27)16-7-2-13(3-8-16)20(24)25)12-18(19)23-32(28,29)17-9-4-14(21)5-10-17/h2-12,22-23H,1H3,(H,24,25). The van der Waals surface area contributed by atoms with Crippen molar-refractivity contribution in [2.75, 3.05) is 16.6 Å². The van der Waals surface area contributed by atoms with Crippen molar-refractivity contribution in [2.24, 2.45) is 0 Å². The molecule has 0 saturated carbocycles. The van der Waals surface area contributed by atoms with Gasteiger partial charge in [-0.25, -0.2) is 26.0 Å². The highest BCUT2D eigenvalue weighted by Gasteiger charge is 2.19. The van der Waals surface area contributed by atoms with Gasteiger partial charge < -0.3 is 9.84 Å². The van der Waals surface area contributed by atoms with Crippen LogP contribution in [0.4, 0.5) is 15.8 Å². The fourth-order valence-electron chi connectivity index (χ4n) is 2.66. The quantitative estimate of drug-likeness (QED) is 0.450. The van der Waals surface area contributed by atoms with Gasteiger partial charge in [0.15, 0.2) is 0 Å². The zero-order valence-electron chi connectivity index (χ0n) is 16.4. The minimum Gasteiger partial charge on any atom is -0.495 e. The summed E-state index contributed by atoms with van der Waals surface area (Å²) in [4.78, 5) is 10.5. The number of nitrogens with one attached hydrogen (secondary N) is 2. The zero-order valence-corrected chi connectivity index (χ0v) is 18.1. The first-order valence-corrected chi connectivity index (χ1v) is 11.8. The maximum atomic E-state index is 13.1. The fraction of sp³-hybridized carbons (Fsp3) is 0.0500. The fourth-order valence-corrected chi connectivity index (χ4v) is 4.77. The minimum absolute atomic E-state index is 0.0184. The van der Waals surface area contributed by atoms with Crippen LogP contribution in [0.3, 0.4) is 0 Å². The predicted octanol–water partition coefficient (Wildman–Crippen LogP) is 3.13. The van der Waals surface area contributed by atoms with Gasteiger partial charge in [-0.15, -0.1) is 0 Å². The molecule has 3 rings (SSSR count). The van der Waals surface area contributed by atoms with E-state index in [2.05, 4.69) is 9.44 Å². The molecule has 0 radical (unpaired) electrons. The number of carboxylic acid groups (broad SMARTS) is 1. The van der Waals surface area contributed by atoms with Gasteiger partial charge in [0.05, 0.1) is 33.8 Å². The van der Waals surface area contributed by atoms with Crippen LogP contribution in [0.2, 0.25) is 0 Å². The number of hydrogen-bond acceptors (Lipinski definition) is 6. The monoisotopic (exact) mass is 480 g/mol. The van der Waals surface area contributed by atoms with Crippen molar-refractivity contribution < 1.29 is 35.9 Å². The van der Waals surface area contributed by atoms with E-state index in [1.165, 1.54) is 25.3 Å². The highest BCUT2D eigenvalue weighted by molar-refractivity contribution is 7.93. The molecule has 3 aromatic carbocycles. The Hall–Kier alpha value is -3.64. The number of hydrogen-bond donors (Lipinski definition) is 3. The molecule has 0 spiro atoms. The number of rotatable bonds is 8. The van der Waals surface area contributed by atoms with E-state index in [4.69, 9.17) is 9.84 Å². The lowest BCUT2D eigenvalue weighted by Crippen LogP contribution is -2.15. The van der Waals surface area contributed by atoms with Crippen LogP contribution >= 0.6 is 0 Å². The zero-order chi connectivity index (χ0) is 23.5. The van der Waals surface area contributed by atoms with Crippen molar-refractivity contribution >= 4 is 37.4 Å². The molecule has 168 valence electrons. The second kappa shape index (κ2) is 8.85. The molecule has 0 aromatic heterocycles. The molecule has 0 atom stereocenters.